The second-order valence-corrected chi connectivity index (χ2v) is 10.9. The number of hydrogen-bond donors (Lipinski definition) is 1. The van der Waals surface area contributed by atoms with E-state index < -0.39 is 30.7 Å². The van der Waals surface area contributed by atoms with Crippen LogP contribution in [0.15, 0.2) is 46.2 Å². The van der Waals surface area contributed by atoms with Crippen molar-refractivity contribution in [2.45, 2.75) is 36.0 Å². The molecule has 0 aromatic heterocycles. The number of benzene rings is 2. The van der Waals surface area contributed by atoms with Crippen molar-refractivity contribution >= 4 is 43.0 Å². The van der Waals surface area contributed by atoms with E-state index in [0.29, 0.717) is 18.7 Å². The van der Waals surface area contributed by atoms with E-state index >= 15 is 0 Å². The maximum atomic E-state index is 13.0. The minimum absolute atomic E-state index is 0.0201. The number of sulfonamides is 2. The number of nitrogens with zero attached hydrogens (tertiary/aromatic N) is 2. The highest BCUT2D eigenvalue weighted by Crippen LogP contribution is 2.30. The van der Waals surface area contributed by atoms with Crippen LogP contribution in [-0.2, 0) is 20.0 Å². The van der Waals surface area contributed by atoms with Crippen LogP contribution in [-0.4, -0.2) is 39.2 Å². The summed E-state index contributed by atoms with van der Waals surface area (Å²) in [6.07, 6.45) is 2.53. The maximum absolute atomic E-state index is 13.0. The molecule has 0 spiro atoms. The van der Waals surface area contributed by atoms with Crippen LogP contribution in [0.3, 0.4) is 0 Å². The van der Waals surface area contributed by atoms with Crippen LogP contribution < -0.4 is 4.72 Å². The van der Waals surface area contributed by atoms with Gasteiger partial charge in [-0.1, -0.05) is 24.1 Å². The fraction of sp³-hybridized carbons (Fsp3) is 0.333. The topological polar surface area (TPSA) is 127 Å². The van der Waals surface area contributed by atoms with Gasteiger partial charge in [0.15, 0.2) is 0 Å². The van der Waals surface area contributed by atoms with Gasteiger partial charge >= 0.3 is 0 Å². The lowest BCUT2D eigenvalue weighted by atomic mass is 10.2. The number of rotatable bonds is 6. The van der Waals surface area contributed by atoms with E-state index in [0.717, 1.165) is 37.5 Å². The predicted molar refractivity (Wildman–Crippen MR) is 113 cm³/mol. The second kappa shape index (κ2) is 8.50. The summed E-state index contributed by atoms with van der Waals surface area (Å²) >= 11 is 5.74. The Labute approximate surface area is 179 Å². The zero-order chi connectivity index (χ0) is 22.1. The zero-order valence-electron chi connectivity index (χ0n) is 16.0. The molecule has 0 unspecified atom stereocenters. The highest BCUT2D eigenvalue weighted by Gasteiger charge is 2.28. The van der Waals surface area contributed by atoms with Gasteiger partial charge in [0.2, 0.25) is 10.0 Å². The Morgan fingerprint density at radius 1 is 1.03 bits per heavy atom. The Hall–Kier alpha value is -2.21. The molecule has 0 saturated carbocycles. The number of anilines is 1. The molecule has 162 valence electrons. The molecule has 1 N–H and O–H groups in total. The van der Waals surface area contributed by atoms with Crippen molar-refractivity contribution in [3.63, 3.8) is 0 Å². The van der Waals surface area contributed by atoms with Gasteiger partial charge in [-0.3, -0.25) is 14.8 Å². The molecule has 0 radical (unpaired) electrons. The van der Waals surface area contributed by atoms with Gasteiger partial charge in [0.1, 0.15) is 5.02 Å². The molecule has 2 aromatic carbocycles. The van der Waals surface area contributed by atoms with E-state index in [1.54, 1.807) is 6.92 Å². The average molecular weight is 474 g/mol. The van der Waals surface area contributed by atoms with Crippen LogP contribution in [0.1, 0.15) is 24.8 Å². The van der Waals surface area contributed by atoms with Gasteiger partial charge in [0.05, 0.1) is 20.4 Å². The summed E-state index contributed by atoms with van der Waals surface area (Å²) in [6.45, 7) is 2.48. The molecule has 1 aliphatic heterocycles. The Bertz CT molecular complexity index is 1190. The van der Waals surface area contributed by atoms with Crippen molar-refractivity contribution in [3.8, 4) is 0 Å². The highest BCUT2D eigenvalue weighted by molar-refractivity contribution is 7.92. The van der Waals surface area contributed by atoms with Gasteiger partial charge in [0, 0.05) is 19.2 Å². The number of piperidine rings is 1. The average Bonchev–Trinajstić information content (AvgIpc) is 2.69. The van der Waals surface area contributed by atoms with Crippen molar-refractivity contribution in [1.29, 1.82) is 0 Å². The van der Waals surface area contributed by atoms with Crippen molar-refractivity contribution in [1.82, 2.24) is 4.31 Å². The molecule has 30 heavy (non-hydrogen) atoms. The van der Waals surface area contributed by atoms with E-state index in [1.165, 1.54) is 22.5 Å². The highest BCUT2D eigenvalue weighted by atomic mass is 35.5. The zero-order valence-corrected chi connectivity index (χ0v) is 18.4. The second-order valence-electron chi connectivity index (χ2n) is 6.92. The Morgan fingerprint density at radius 3 is 2.33 bits per heavy atom. The fourth-order valence-corrected chi connectivity index (χ4v) is 6.22. The lowest BCUT2D eigenvalue weighted by Crippen LogP contribution is -2.36. The first-order valence-electron chi connectivity index (χ1n) is 9.10. The smallest absolute Gasteiger partial charge is 0.280 e. The molecular formula is C18H20ClN3O6S2. The van der Waals surface area contributed by atoms with Gasteiger partial charge in [-0.2, -0.15) is 4.31 Å². The minimum Gasteiger partial charge on any atom is -0.280 e. The van der Waals surface area contributed by atoms with E-state index in [-0.39, 0.29) is 20.5 Å². The molecule has 1 saturated heterocycles. The summed E-state index contributed by atoms with van der Waals surface area (Å²) in [5, 5.41) is 10.8. The molecule has 1 fully saturated rings. The van der Waals surface area contributed by atoms with E-state index in [1.807, 2.05) is 0 Å². The predicted octanol–water partition coefficient (Wildman–Crippen LogP) is 3.53. The standard InChI is InChI=1S/C18H20ClN3O6S2/c1-13-5-6-14(11-18(13)30(27,28)21-9-3-2-4-10-21)20-29(25,26)15-7-8-16(19)17(12-15)22(23)24/h5-8,11-12,20H,2-4,9-10H2,1H3. The Morgan fingerprint density at radius 2 is 1.70 bits per heavy atom. The molecule has 2 aromatic rings. The van der Waals surface area contributed by atoms with Crippen LogP contribution in [0, 0.1) is 17.0 Å². The first-order valence-corrected chi connectivity index (χ1v) is 12.4. The van der Waals surface area contributed by atoms with Crippen LogP contribution in [0.4, 0.5) is 11.4 Å². The van der Waals surface area contributed by atoms with Crippen molar-refractivity contribution in [3.05, 3.63) is 57.1 Å². The van der Waals surface area contributed by atoms with Crippen LogP contribution in [0.25, 0.3) is 0 Å². The van der Waals surface area contributed by atoms with Crippen LogP contribution >= 0.6 is 11.6 Å². The monoisotopic (exact) mass is 473 g/mol. The first-order chi connectivity index (χ1) is 14.0. The number of aryl methyl sites for hydroxylation is 1. The van der Waals surface area contributed by atoms with Gasteiger partial charge in [0.25, 0.3) is 15.7 Å². The maximum Gasteiger partial charge on any atom is 0.289 e. The van der Waals surface area contributed by atoms with Crippen molar-refractivity contribution in [2.24, 2.45) is 0 Å². The molecular weight excluding hydrogens is 454 g/mol. The lowest BCUT2D eigenvalue weighted by Gasteiger charge is -2.26. The first kappa shape index (κ1) is 22.5. The molecule has 0 atom stereocenters. The lowest BCUT2D eigenvalue weighted by molar-refractivity contribution is -0.384. The van der Waals surface area contributed by atoms with E-state index in [2.05, 4.69) is 4.72 Å². The molecule has 0 bridgehead atoms. The minimum atomic E-state index is -4.21. The summed E-state index contributed by atoms with van der Waals surface area (Å²) in [6, 6.07) is 7.32. The quantitative estimate of drug-likeness (QED) is 0.505. The molecule has 12 heteroatoms. The fourth-order valence-electron chi connectivity index (χ4n) is 3.20. The Kier molecular flexibility index (Phi) is 6.37. The van der Waals surface area contributed by atoms with Crippen LogP contribution in [0.5, 0.6) is 0 Å². The third kappa shape index (κ3) is 4.59. The van der Waals surface area contributed by atoms with Crippen molar-refractivity contribution in [2.75, 3.05) is 17.8 Å². The summed E-state index contributed by atoms with van der Waals surface area (Å²) < 4.78 is 55.1. The largest absolute Gasteiger partial charge is 0.289 e. The van der Waals surface area contributed by atoms with E-state index in [9.17, 15) is 26.9 Å². The van der Waals surface area contributed by atoms with Gasteiger partial charge in [-0.15, -0.1) is 0 Å². The number of nitro groups is 1. The van der Waals surface area contributed by atoms with Gasteiger partial charge in [-0.05, 0) is 49.6 Å². The molecule has 1 aliphatic rings. The normalized spacial score (nSPS) is 15.7. The van der Waals surface area contributed by atoms with Gasteiger partial charge < -0.3 is 0 Å². The number of halogens is 1. The van der Waals surface area contributed by atoms with Crippen LogP contribution in [0.2, 0.25) is 5.02 Å². The molecule has 0 amide bonds. The Balaban J connectivity index is 1.95. The number of nitro benzene ring substituents is 1. The van der Waals surface area contributed by atoms with Crippen molar-refractivity contribution < 1.29 is 21.8 Å². The third-order valence-corrected chi connectivity index (χ3v) is 8.54. The summed E-state index contributed by atoms with van der Waals surface area (Å²) in [5.41, 5.74) is -0.0174. The summed E-state index contributed by atoms with van der Waals surface area (Å²) in [5.74, 6) is 0. The van der Waals surface area contributed by atoms with E-state index in [4.69, 9.17) is 11.6 Å². The van der Waals surface area contributed by atoms with Gasteiger partial charge in [-0.25, -0.2) is 16.8 Å². The number of nitrogens with one attached hydrogen (secondary N) is 1. The third-order valence-electron chi connectivity index (χ3n) is 4.80. The summed E-state index contributed by atoms with van der Waals surface area (Å²) in [4.78, 5) is 9.91. The number of hydrogen-bond acceptors (Lipinski definition) is 6. The molecule has 3 rings (SSSR count). The molecule has 9 nitrogen and oxygen atoms in total. The molecule has 0 aliphatic carbocycles. The summed E-state index contributed by atoms with van der Waals surface area (Å²) in [7, 11) is -7.97. The molecule has 1 heterocycles. The SMILES string of the molecule is Cc1ccc(NS(=O)(=O)c2ccc(Cl)c([N+](=O)[O-])c2)cc1S(=O)(=O)N1CCCCC1.